The predicted octanol–water partition coefficient (Wildman–Crippen LogP) is 2.84. The molecule has 9 heteroatoms. The zero-order chi connectivity index (χ0) is 20.6. The third-order valence-corrected chi connectivity index (χ3v) is 8.33. The number of benzene rings is 1. The van der Waals surface area contributed by atoms with Gasteiger partial charge in [0.15, 0.2) is 0 Å². The van der Waals surface area contributed by atoms with E-state index in [-0.39, 0.29) is 30.3 Å². The highest BCUT2D eigenvalue weighted by atomic mass is 35.5. The first-order valence-corrected chi connectivity index (χ1v) is 12.2. The lowest BCUT2D eigenvalue weighted by atomic mass is 9.94. The van der Waals surface area contributed by atoms with Crippen LogP contribution in [0.2, 0.25) is 5.02 Å². The van der Waals surface area contributed by atoms with E-state index in [2.05, 4.69) is 0 Å². The van der Waals surface area contributed by atoms with Gasteiger partial charge < -0.3 is 4.90 Å². The average molecular weight is 440 g/mol. The summed E-state index contributed by atoms with van der Waals surface area (Å²) in [6.45, 7) is 0.709. The summed E-state index contributed by atoms with van der Waals surface area (Å²) in [6, 6.07) is 5.83. The summed E-state index contributed by atoms with van der Waals surface area (Å²) in [5, 5.41) is 0.406. The van der Waals surface area contributed by atoms with Gasteiger partial charge in [0, 0.05) is 30.7 Å². The molecule has 0 aromatic heterocycles. The Balaban J connectivity index is 1.53. The molecule has 3 amide bonds. The molecule has 1 aromatic rings. The van der Waals surface area contributed by atoms with Crippen molar-refractivity contribution in [2.45, 2.75) is 56.4 Å². The first-order chi connectivity index (χ1) is 13.9. The van der Waals surface area contributed by atoms with E-state index < -0.39 is 16.1 Å². The third kappa shape index (κ3) is 4.02. The zero-order valence-corrected chi connectivity index (χ0v) is 17.9. The van der Waals surface area contributed by atoms with Gasteiger partial charge in [-0.05, 0) is 30.9 Å². The molecule has 3 fully saturated rings. The van der Waals surface area contributed by atoms with E-state index in [1.807, 2.05) is 0 Å². The van der Waals surface area contributed by atoms with Crippen LogP contribution in [0.4, 0.5) is 4.79 Å². The fourth-order valence-electron chi connectivity index (χ4n) is 4.62. The van der Waals surface area contributed by atoms with Crippen molar-refractivity contribution in [3.05, 3.63) is 34.9 Å². The highest BCUT2D eigenvalue weighted by Crippen LogP contribution is 2.31. The van der Waals surface area contributed by atoms with E-state index in [1.54, 1.807) is 29.2 Å². The van der Waals surface area contributed by atoms with Crippen molar-refractivity contribution >= 4 is 33.6 Å². The summed E-state index contributed by atoms with van der Waals surface area (Å²) in [4.78, 5) is 29.0. The smallest absolute Gasteiger partial charge is 0.311 e. The van der Waals surface area contributed by atoms with Crippen LogP contribution in [-0.4, -0.2) is 66.2 Å². The number of carbonyl (C=O) groups is 2. The van der Waals surface area contributed by atoms with Crippen LogP contribution in [-0.2, 0) is 20.6 Å². The number of fused-ring (bicyclic) bond motifs is 1. The van der Waals surface area contributed by atoms with Crippen LogP contribution in [0.1, 0.15) is 44.1 Å². The third-order valence-electron chi connectivity index (χ3n) is 6.16. The molecule has 1 atom stereocenters. The minimum Gasteiger partial charge on any atom is -0.311 e. The number of sulfonamides is 1. The fraction of sp³-hybridized carbons (Fsp3) is 0.600. The Hall–Kier alpha value is -1.64. The van der Waals surface area contributed by atoms with Crippen LogP contribution in [0.15, 0.2) is 24.3 Å². The SMILES string of the molecule is O=C1C2CN(S(=O)(=O)Cc3ccccc3Cl)CCCN2C(=O)N1C1CCCCC1. The number of halogens is 1. The van der Waals surface area contributed by atoms with Gasteiger partial charge in [0.05, 0.1) is 5.75 Å². The van der Waals surface area contributed by atoms with Gasteiger partial charge in [-0.15, -0.1) is 0 Å². The van der Waals surface area contributed by atoms with E-state index in [9.17, 15) is 18.0 Å². The zero-order valence-electron chi connectivity index (χ0n) is 16.3. The van der Waals surface area contributed by atoms with Crippen molar-refractivity contribution in [2.24, 2.45) is 0 Å². The number of urea groups is 1. The van der Waals surface area contributed by atoms with Crippen LogP contribution in [0.5, 0.6) is 0 Å². The summed E-state index contributed by atoms with van der Waals surface area (Å²) in [5.41, 5.74) is 0.535. The lowest BCUT2D eigenvalue weighted by molar-refractivity contribution is -0.130. The molecule has 1 aromatic carbocycles. The molecule has 2 saturated heterocycles. The Kier molecular flexibility index (Phi) is 5.86. The number of amides is 3. The van der Waals surface area contributed by atoms with Gasteiger partial charge in [0.1, 0.15) is 6.04 Å². The summed E-state index contributed by atoms with van der Waals surface area (Å²) in [6.07, 6.45) is 5.36. The number of rotatable bonds is 4. The van der Waals surface area contributed by atoms with E-state index >= 15 is 0 Å². The van der Waals surface area contributed by atoms with Crippen molar-refractivity contribution < 1.29 is 18.0 Å². The first-order valence-electron chi connectivity index (χ1n) is 10.2. The molecule has 0 spiro atoms. The monoisotopic (exact) mass is 439 g/mol. The molecule has 2 heterocycles. The van der Waals surface area contributed by atoms with Crippen molar-refractivity contribution in [3.8, 4) is 0 Å². The molecule has 7 nitrogen and oxygen atoms in total. The minimum absolute atomic E-state index is 0.0145. The van der Waals surface area contributed by atoms with Crippen molar-refractivity contribution in [1.82, 2.24) is 14.1 Å². The standard InChI is InChI=1S/C20H26ClN3O4S/c21-17-10-5-4-7-15(17)14-29(27,28)22-11-6-12-23-18(13-22)19(25)24(20(23)26)16-8-2-1-3-9-16/h4-5,7,10,16,18H,1-3,6,8-9,11-14H2. The molecule has 158 valence electrons. The highest BCUT2D eigenvalue weighted by Gasteiger charge is 2.50. The van der Waals surface area contributed by atoms with Crippen molar-refractivity contribution in [2.75, 3.05) is 19.6 Å². The van der Waals surface area contributed by atoms with Gasteiger partial charge in [0.25, 0.3) is 5.91 Å². The summed E-state index contributed by atoms with van der Waals surface area (Å²) in [7, 11) is -3.66. The van der Waals surface area contributed by atoms with Gasteiger partial charge in [-0.1, -0.05) is 49.1 Å². The van der Waals surface area contributed by atoms with E-state index in [0.717, 1.165) is 32.1 Å². The molecule has 3 aliphatic rings. The number of carbonyl (C=O) groups excluding carboxylic acids is 2. The van der Waals surface area contributed by atoms with Gasteiger partial charge in [0.2, 0.25) is 10.0 Å². The molecule has 0 bridgehead atoms. The van der Waals surface area contributed by atoms with Gasteiger partial charge in [-0.3, -0.25) is 9.69 Å². The Morgan fingerprint density at radius 1 is 1.00 bits per heavy atom. The van der Waals surface area contributed by atoms with Crippen molar-refractivity contribution in [1.29, 1.82) is 0 Å². The lowest BCUT2D eigenvalue weighted by Gasteiger charge is -2.29. The van der Waals surface area contributed by atoms with Crippen LogP contribution >= 0.6 is 11.6 Å². The summed E-state index contributed by atoms with van der Waals surface area (Å²) < 4.78 is 27.5. The normalized spacial score (nSPS) is 24.7. The lowest BCUT2D eigenvalue weighted by Crippen LogP contribution is -2.45. The summed E-state index contributed by atoms with van der Waals surface area (Å²) in [5.74, 6) is -0.463. The molecule has 2 aliphatic heterocycles. The van der Waals surface area contributed by atoms with E-state index in [4.69, 9.17) is 11.6 Å². The second kappa shape index (κ2) is 8.24. The molecule has 1 aliphatic carbocycles. The van der Waals surface area contributed by atoms with Crippen LogP contribution in [0.3, 0.4) is 0 Å². The first kappa shape index (κ1) is 20.6. The second-order valence-electron chi connectivity index (χ2n) is 8.05. The number of hydrogen-bond donors (Lipinski definition) is 0. The molecule has 0 radical (unpaired) electrons. The average Bonchev–Trinajstić information content (AvgIpc) is 2.86. The minimum atomic E-state index is -3.66. The maximum absolute atomic E-state index is 13.1. The van der Waals surface area contributed by atoms with E-state index in [1.165, 1.54) is 9.21 Å². The van der Waals surface area contributed by atoms with Gasteiger partial charge in [-0.2, -0.15) is 4.31 Å². The Morgan fingerprint density at radius 2 is 1.72 bits per heavy atom. The maximum Gasteiger partial charge on any atom is 0.327 e. The number of imide groups is 1. The molecule has 0 N–H and O–H groups in total. The Morgan fingerprint density at radius 3 is 2.45 bits per heavy atom. The molecule has 4 rings (SSSR count). The molecular weight excluding hydrogens is 414 g/mol. The quantitative estimate of drug-likeness (QED) is 0.676. The number of hydrogen-bond acceptors (Lipinski definition) is 4. The fourth-order valence-corrected chi connectivity index (χ4v) is 6.51. The molecule has 1 unspecified atom stereocenters. The summed E-state index contributed by atoms with van der Waals surface area (Å²) >= 11 is 6.14. The number of nitrogens with zero attached hydrogens (tertiary/aromatic N) is 3. The van der Waals surface area contributed by atoms with Gasteiger partial charge >= 0.3 is 6.03 Å². The van der Waals surface area contributed by atoms with E-state index in [0.29, 0.717) is 30.1 Å². The van der Waals surface area contributed by atoms with Crippen LogP contribution < -0.4 is 0 Å². The van der Waals surface area contributed by atoms with Crippen LogP contribution in [0, 0.1) is 0 Å². The van der Waals surface area contributed by atoms with Crippen molar-refractivity contribution in [3.63, 3.8) is 0 Å². The van der Waals surface area contributed by atoms with Gasteiger partial charge in [-0.25, -0.2) is 13.2 Å². The molecule has 29 heavy (non-hydrogen) atoms. The largest absolute Gasteiger partial charge is 0.327 e. The Labute approximate surface area is 176 Å². The second-order valence-corrected chi connectivity index (χ2v) is 10.4. The molecule has 1 saturated carbocycles. The maximum atomic E-state index is 13.1. The topological polar surface area (TPSA) is 78.0 Å². The van der Waals surface area contributed by atoms with Crippen LogP contribution in [0.25, 0.3) is 0 Å². The molecular formula is C20H26ClN3O4S. The highest BCUT2D eigenvalue weighted by molar-refractivity contribution is 7.88. The Bertz CT molecular complexity index is 901. The predicted molar refractivity (Wildman–Crippen MR) is 110 cm³/mol.